The molecule has 0 unspecified atom stereocenters. The molecule has 0 saturated carbocycles. The molecule has 1 aliphatic rings. The van der Waals surface area contributed by atoms with E-state index in [1.54, 1.807) is 19.2 Å². The molecule has 1 aliphatic carbocycles. The number of nitrogens with zero attached hydrogens (tertiary/aromatic N) is 1. The number of nitrogens with one attached hydrogen (secondary N) is 2. The van der Waals surface area contributed by atoms with Crippen LogP contribution in [0.5, 0.6) is 5.75 Å². The standard InChI is InChI=1S/C16H23N3O.HI/c1-3-10-18-16(17-2)19-11-14-13-7-5-4-6-12(13)8-9-15(14)20;/h3,8-9,20H,1,4-7,10-11H2,2H3,(H2,17,18,19);1H. The van der Waals surface area contributed by atoms with Gasteiger partial charge in [0, 0.05) is 25.7 Å². The fourth-order valence-electron chi connectivity index (χ4n) is 2.65. The molecule has 0 heterocycles. The second-order valence-corrected chi connectivity index (χ2v) is 5.00. The number of hydrogen-bond acceptors (Lipinski definition) is 2. The maximum atomic E-state index is 10.1. The zero-order valence-electron chi connectivity index (χ0n) is 12.5. The molecule has 4 nitrogen and oxygen atoms in total. The lowest BCUT2D eigenvalue weighted by atomic mass is 9.88. The third-order valence-corrected chi connectivity index (χ3v) is 3.70. The predicted octanol–water partition coefficient (Wildman–Crippen LogP) is 2.74. The number of halogens is 1. The Morgan fingerprint density at radius 1 is 1.33 bits per heavy atom. The highest BCUT2D eigenvalue weighted by Crippen LogP contribution is 2.30. The van der Waals surface area contributed by atoms with Gasteiger partial charge in [-0.05, 0) is 42.9 Å². The minimum absolute atomic E-state index is 0. The molecule has 1 aromatic rings. The van der Waals surface area contributed by atoms with E-state index in [-0.39, 0.29) is 24.0 Å². The van der Waals surface area contributed by atoms with Crippen molar-refractivity contribution in [3.05, 3.63) is 41.5 Å². The van der Waals surface area contributed by atoms with Gasteiger partial charge in [-0.3, -0.25) is 4.99 Å². The lowest BCUT2D eigenvalue weighted by Crippen LogP contribution is -2.37. The van der Waals surface area contributed by atoms with Crippen LogP contribution in [0.25, 0.3) is 0 Å². The number of benzene rings is 1. The Labute approximate surface area is 143 Å². The van der Waals surface area contributed by atoms with Gasteiger partial charge in [-0.25, -0.2) is 0 Å². The van der Waals surface area contributed by atoms with Gasteiger partial charge in [0.1, 0.15) is 5.75 Å². The highest BCUT2D eigenvalue weighted by molar-refractivity contribution is 14.0. The molecule has 0 atom stereocenters. The van der Waals surface area contributed by atoms with E-state index in [0.717, 1.165) is 24.4 Å². The van der Waals surface area contributed by atoms with Gasteiger partial charge in [0.2, 0.25) is 0 Å². The lowest BCUT2D eigenvalue weighted by molar-refractivity contribution is 0.464. The van der Waals surface area contributed by atoms with Crippen LogP contribution >= 0.6 is 24.0 Å². The van der Waals surface area contributed by atoms with Crippen molar-refractivity contribution in [3.8, 4) is 5.75 Å². The monoisotopic (exact) mass is 401 g/mol. The Morgan fingerprint density at radius 3 is 2.81 bits per heavy atom. The molecule has 0 saturated heterocycles. The number of aliphatic imine (C=N–C) groups is 1. The summed E-state index contributed by atoms with van der Waals surface area (Å²) >= 11 is 0. The van der Waals surface area contributed by atoms with Gasteiger partial charge >= 0.3 is 0 Å². The van der Waals surface area contributed by atoms with Gasteiger partial charge in [-0.15, -0.1) is 30.6 Å². The number of rotatable bonds is 4. The van der Waals surface area contributed by atoms with E-state index >= 15 is 0 Å². The Balaban J connectivity index is 0.00000220. The fourth-order valence-corrected chi connectivity index (χ4v) is 2.65. The summed E-state index contributed by atoms with van der Waals surface area (Å²) in [7, 11) is 1.73. The van der Waals surface area contributed by atoms with Gasteiger partial charge in [0.05, 0.1) is 0 Å². The summed E-state index contributed by atoms with van der Waals surface area (Å²) in [4.78, 5) is 4.15. The molecule has 3 N–H and O–H groups in total. The average molecular weight is 401 g/mol. The molecule has 0 amide bonds. The topological polar surface area (TPSA) is 56.7 Å². The van der Waals surface area contributed by atoms with E-state index in [1.165, 1.54) is 24.0 Å². The van der Waals surface area contributed by atoms with Crippen molar-refractivity contribution in [1.29, 1.82) is 0 Å². The largest absolute Gasteiger partial charge is 0.508 e. The second kappa shape index (κ2) is 8.92. The molecule has 2 rings (SSSR count). The molecule has 116 valence electrons. The van der Waals surface area contributed by atoms with Crippen LogP contribution in [0.2, 0.25) is 0 Å². The van der Waals surface area contributed by atoms with Gasteiger partial charge in [-0.2, -0.15) is 0 Å². The molecular weight excluding hydrogens is 377 g/mol. The number of fused-ring (bicyclic) bond motifs is 1. The van der Waals surface area contributed by atoms with Gasteiger partial charge in [0.25, 0.3) is 0 Å². The van der Waals surface area contributed by atoms with Crippen LogP contribution in [0.3, 0.4) is 0 Å². The molecular formula is C16H24IN3O. The average Bonchev–Trinajstić information content (AvgIpc) is 2.49. The van der Waals surface area contributed by atoms with Gasteiger partial charge in [0.15, 0.2) is 5.96 Å². The zero-order valence-corrected chi connectivity index (χ0v) is 14.8. The fraction of sp³-hybridized carbons (Fsp3) is 0.438. The van der Waals surface area contributed by atoms with Gasteiger partial charge in [-0.1, -0.05) is 12.1 Å². The van der Waals surface area contributed by atoms with Crippen LogP contribution in [0.1, 0.15) is 29.5 Å². The van der Waals surface area contributed by atoms with Crippen molar-refractivity contribution in [2.24, 2.45) is 4.99 Å². The summed E-state index contributed by atoms with van der Waals surface area (Å²) in [5.74, 6) is 1.09. The lowest BCUT2D eigenvalue weighted by Gasteiger charge is -2.21. The van der Waals surface area contributed by atoms with E-state index in [9.17, 15) is 5.11 Å². The highest BCUT2D eigenvalue weighted by atomic mass is 127. The number of phenols is 1. The first-order valence-corrected chi connectivity index (χ1v) is 7.14. The van der Waals surface area contributed by atoms with Crippen molar-refractivity contribution < 1.29 is 5.11 Å². The number of hydrogen-bond donors (Lipinski definition) is 3. The van der Waals surface area contributed by atoms with E-state index < -0.39 is 0 Å². The van der Waals surface area contributed by atoms with Crippen molar-refractivity contribution in [2.75, 3.05) is 13.6 Å². The molecule has 5 heteroatoms. The van der Waals surface area contributed by atoms with Crippen molar-refractivity contribution in [3.63, 3.8) is 0 Å². The van der Waals surface area contributed by atoms with E-state index in [2.05, 4.69) is 28.3 Å². The smallest absolute Gasteiger partial charge is 0.191 e. The molecule has 0 aliphatic heterocycles. The summed E-state index contributed by atoms with van der Waals surface area (Å²) in [6.45, 7) is 4.93. The van der Waals surface area contributed by atoms with Crippen LogP contribution in [0.4, 0.5) is 0 Å². The maximum absolute atomic E-state index is 10.1. The molecule has 0 bridgehead atoms. The van der Waals surface area contributed by atoms with Crippen molar-refractivity contribution in [2.45, 2.75) is 32.2 Å². The number of aryl methyl sites for hydroxylation is 1. The highest BCUT2D eigenvalue weighted by Gasteiger charge is 2.16. The van der Waals surface area contributed by atoms with Crippen LogP contribution in [-0.4, -0.2) is 24.7 Å². The number of phenolic OH excluding ortho intramolecular Hbond substituents is 1. The maximum Gasteiger partial charge on any atom is 0.191 e. The first-order valence-electron chi connectivity index (χ1n) is 7.14. The summed E-state index contributed by atoms with van der Waals surface area (Å²) in [6.07, 6.45) is 6.40. The number of guanidine groups is 1. The SMILES string of the molecule is C=CCNC(=NC)NCc1c(O)ccc2c1CCCC2.I. The number of aromatic hydroxyl groups is 1. The first kappa shape index (κ1) is 17.8. The Hall–Kier alpha value is -1.24. The van der Waals surface area contributed by atoms with Crippen molar-refractivity contribution >= 4 is 29.9 Å². The van der Waals surface area contributed by atoms with Crippen molar-refractivity contribution in [1.82, 2.24) is 10.6 Å². The molecule has 0 fully saturated rings. The molecule has 0 spiro atoms. The van der Waals surface area contributed by atoms with Crippen LogP contribution in [-0.2, 0) is 19.4 Å². The van der Waals surface area contributed by atoms with Crippen LogP contribution in [0, 0.1) is 0 Å². The summed E-state index contributed by atoms with van der Waals surface area (Å²) in [6, 6.07) is 3.86. The molecule has 0 aromatic heterocycles. The molecule has 21 heavy (non-hydrogen) atoms. The first-order chi connectivity index (χ1) is 9.76. The Bertz CT molecular complexity index is 514. The van der Waals surface area contributed by atoms with E-state index in [1.807, 2.05) is 0 Å². The summed E-state index contributed by atoms with van der Waals surface area (Å²) in [5, 5.41) is 16.5. The normalized spacial score (nSPS) is 13.9. The third-order valence-electron chi connectivity index (χ3n) is 3.70. The minimum atomic E-state index is 0. The Morgan fingerprint density at radius 2 is 2.10 bits per heavy atom. The van der Waals surface area contributed by atoms with E-state index in [0.29, 0.717) is 18.8 Å². The van der Waals surface area contributed by atoms with E-state index in [4.69, 9.17) is 0 Å². The minimum Gasteiger partial charge on any atom is -0.508 e. The van der Waals surface area contributed by atoms with Crippen LogP contribution in [0.15, 0.2) is 29.8 Å². The quantitative estimate of drug-likeness (QED) is 0.315. The zero-order chi connectivity index (χ0) is 14.4. The third kappa shape index (κ3) is 4.62. The summed E-state index contributed by atoms with van der Waals surface area (Å²) < 4.78 is 0. The second-order valence-electron chi connectivity index (χ2n) is 5.00. The van der Waals surface area contributed by atoms with Crippen LogP contribution < -0.4 is 10.6 Å². The summed E-state index contributed by atoms with van der Waals surface area (Å²) in [5.41, 5.74) is 3.69. The Kier molecular flexibility index (Phi) is 7.56. The predicted molar refractivity (Wildman–Crippen MR) is 98.6 cm³/mol. The molecule has 0 radical (unpaired) electrons. The molecule has 1 aromatic carbocycles. The van der Waals surface area contributed by atoms with Gasteiger partial charge < -0.3 is 15.7 Å².